The van der Waals surface area contributed by atoms with E-state index in [1.807, 2.05) is 24.0 Å². The molecular formula is C22H35N3O3S. The monoisotopic (exact) mass is 421 g/mol. The Labute approximate surface area is 175 Å². The number of piperazine rings is 1. The molecule has 6 nitrogen and oxygen atoms in total. The summed E-state index contributed by atoms with van der Waals surface area (Å²) in [7, 11) is -3.52. The summed E-state index contributed by atoms with van der Waals surface area (Å²) in [6.07, 6.45) is 2.92. The van der Waals surface area contributed by atoms with Crippen molar-refractivity contribution < 1.29 is 13.2 Å². The maximum atomic E-state index is 12.9. The van der Waals surface area contributed by atoms with Crippen LogP contribution in [0, 0.1) is 12.8 Å². The van der Waals surface area contributed by atoms with Crippen molar-refractivity contribution in [3.05, 3.63) is 29.8 Å². The summed E-state index contributed by atoms with van der Waals surface area (Å²) >= 11 is 0. The van der Waals surface area contributed by atoms with Crippen LogP contribution in [-0.2, 0) is 14.8 Å². The molecule has 1 aromatic carbocycles. The predicted molar refractivity (Wildman–Crippen MR) is 115 cm³/mol. The lowest BCUT2D eigenvalue weighted by Gasteiger charge is -2.43. The van der Waals surface area contributed by atoms with E-state index in [0.29, 0.717) is 17.7 Å². The average molecular weight is 422 g/mol. The standard InChI is InChI=1S/C22H35N3O3S/c1-17-7-5-6-8-20(17)29(27,28)23-19-11-9-18(10-12-19)21(26)24-13-15-25(16-14-24)22(2,3)4/h5-8,18-19,23H,9-16H2,1-4H3/t18-,19-. The largest absolute Gasteiger partial charge is 0.340 e. The molecule has 0 unspecified atom stereocenters. The van der Waals surface area contributed by atoms with Crippen molar-refractivity contribution in [2.45, 2.75) is 69.9 Å². The van der Waals surface area contributed by atoms with Gasteiger partial charge in [-0.15, -0.1) is 0 Å². The summed E-state index contributed by atoms with van der Waals surface area (Å²) in [4.78, 5) is 17.7. The fourth-order valence-electron chi connectivity index (χ4n) is 4.45. The predicted octanol–water partition coefficient (Wildman–Crippen LogP) is 2.77. The Kier molecular flexibility index (Phi) is 6.70. The second kappa shape index (κ2) is 8.74. The first-order valence-corrected chi connectivity index (χ1v) is 12.2. The normalized spacial score (nSPS) is 24.5. The van der Waals surface area contributed by atoms with E-state index in [1.54, 1.807) is 12.1 Å². The molecular weight excluding hydrogens is 386 g/mol. The number of nitrogens with zero attached hydrogens (tertiary/aromatic N) is 2. The van der Waals surface area contributed by atoms with Crippen LogP contribution >= 0.6 is 0 Å². The zero-order valence-electron chi connectivity index (χ0n) is 18.1. The van der Waals surface area contributed by atoms with Gasteiger partial charge >= 0.3 is 0 Å². The first-order valence-electron chi connectivity index (χ1n) is 10.7. The second-order valence-corrected chi connectivity index (χ2v) is 11.1. The number of benzene rings is 1. The van der Waals surface area contributed by atoms with E-state index in [1.165, 1.54) is 0 Å². The second-order valence-electron chi connectivity index (χ2n) is 9.42. The number of hydrogen-bond donors (Lipinski definition) is 1. The van der Waals surface area contributed by atoms with Gasteiger partial charge in [0.15, 0.2) is 0 Å². The van der Waals surface area contributed by atoms with Crippen molar-refractivity contribution in [2.24, 2.45) is 5.92 Å². The summed E-state index contributed by atoms with van der Waals surface area (Å²) in [5.74, 6) is 0.272. The summed E-state index contributed by atoms with van der Waals surface area (Å²) in [5, 5.41) is 0. The third-order valence-corrected chi connectivity index (χ3v) is 8.00. The number of sulfonamides is 1. The van der Waals surface area contributed by atoms with Crippen molar-refractivity contribution in [3.8, 4) is 0 Å². The molecule has 162 valence electrons. The van der Waals surface area contributed by atoms with E-state index in [4.69, 9.17) is 0 Å². The molecule has 1 aliphatic carbocycles. The number of carbonyl (C=O) groups is 1. The van der Waals surface area contributed by atoms with Crippen LogP contribution in [0.15, 0.2) is 29.2 Å². The van der Waals surface area contributed by atoms with Crippen LogP contribution in [0.5, 0.6) is 0 Å². The van der Waals surface area contributed by atoms with Crippen LogP contribution in [-0.4, -0.2) is 61.9 Å². The summed E-state index contributed by atoms with van der Waals surface area (Å²) in [5.41, 5.74) is 0.889. The smallest absolute Gasteiger partial charge is 0.241 e. The summed E-state index contributed by atoms with van der Waals surface area (Å²) in [6, 6.07) is 6.94. The molecule has 1 aliphatic heterocycles. The Morgan fingerprint density at radius 3 is 2.14 bits per heavy atom. The Morgan fingerprint density at radius 1 is 1.00 bits per heavy atom. The molecule has 1 aromatic rings. The van der Waals surface area contributed by atoms with Crippen LogP contribution in [0.1, 0.15) is 52.0 Å². The molecule has 2 fully saturated rings. The Morgan fingerprint density at radius 2 is 1.59 bits per heavy atom. The molecule has 0 bridgehead atoms. The number of amides is 1. The minimum Gasteiger partial charge on any atom is -0.340 e. The average Bonchev–Trinajstić information content (AvgIpc) is 2.67. The number of nitrogens with one attached hydrogen (secondary N) is 1. The molecule has 7 heteroatoms. The van der Waals surface area contributed by atoms with Gasteiger partial charge < -0.3 is 4.90 Å². The van der Waals surface area contributed by atoms with Gasteiger partial charge in [0.25, 0.3) is 0 Å². The first kappa shape index (κ1) is 22.2. The van der Waals surface area contributed by atoms with E-state index in [9.17, 15) is 13.2 Å². The highest BCUT2D eigenvalue weighted by molar-refractivity contribution is 7.89. The van der Waals surface area contributed by atoms with E-state index >= 15 is 0 Å². The Hall–Kier alpha value is -1.44. The molecule has 1 N–H and O–H groups in total. The molecule has 0 radical (unpaired) electrons. The maximum Gasteiger partial charge on any atom is 0.241 e. The Bertz CT molecular complexity index is 816. The van der Waals surface area contributed by atoms with Crippen LogP contribution in [0.25, 0.3) is 0 Å². The van der Waals surface area contributed by atoms with Gasteiger partial charge in [0.2, 0.25) is 15.9 Å². The zero-order valence-corrected chi connectivity index (χ0v) is 19.0. The van der Waals surface area contributed by atoms with Gasteiger partial charge in [-0.3, -0.25) is 9.69 Å². The number of carbonyl (C=O) groups excluding carboxylic acids is 1. The highest BCUT2D eigenvalue weighted by atomic mass is 32.2. The van der Waals surface area contributed by atoms with E-state index in [2.05, 4.69) is 30.4 Å². The number of aryl methyl sites for hydroxylation is 1. The highest BCUT2D eigenvalue weighted by Gasteiger charge is 2.34. The van der Waals surface area contributed by atoms with Crippen molar-refractivity contribution >= 4 is 15.9 Å². The SMILES string of the molecule is Cc1ccccc1S(=O)(=O)N[C@H]1CC[C@H](C(=O)N2CCN(C(C)(C)C)CC2)CC1. The number of rotatable bonds is 4. The van der Waals surface area contributed by atoms with Gasteiger partial charge in [0.1, 0.15) is 0 Å². The fraction of sp³-hybridized carbons (Fsp3) is 0.682. The van der Waals surface area contributed by atoms with Crippen molar-refractivity contribution in [2.75, 3.05) is 26.2 Å². The van der Waals surface area contributed by atoms with E-state index in [-0.39, 0.29) is 23.4 Å². The van der Waals surface area contributed by atoms with Crippen molar-refractivity contribution in [3.63, 3.8) is 0 Å². The minimum absolute atomic E-state index is 0.0235. The quantitative estimate of drug-likeness (QED) is 0.812. The molecule has 3 rings (SSSR count). The topological polar surface area (TPSA) is 69.7 Å². The number of hydrogen-bond acceptors (Lipinski definition) is 4. The van der Waals surface area contributed by atoms with E-state index < -0.39 is 10.0 Å². The molecule has 0 aromatic heterocycles. The molecule has 1 saturated carbocycles. The highest BCUT2D eigenvalue weighted by Crippen LogP contribution is 2.28. The van der Waals surface area contributed by atoms with E-state index in [0.717, 1.165) is 44.6 Å². The van der Waals surface area contributed by atoms with Gasteiger partial charge in [-0.2, -0.15) is 0 Å². The Balaban J connectivity index is 1.51. The van der Waals surface area contributed by atoms with Gasteiger partial charge in [-0.1, -0.05) is 18.2 Å². The van der Waals surface area contributed by atoms with Crippen molar-refractivity contribution in [1.82, 2.24) is 14.5 Å². The molecule has 1 saturated heterocycles. The van der Waals surface area contributed by atoms with Gasteiger partial charge in [-0.05, 0) is 65.0 Å². The molecule has 29 heavy (non-hydrogen) atoms. The van der Waals surface area contributed by atoms with Crippen LogP contribution in [0.2, 0.25) is 0 Å². The van der Waals surface area contributed by atoms with Crippen LogP contribution in [0.4, 0.5) is 0 Å². The molecule has 1 heterocycles. The van der Waals surface area contributed by atoms with Crippen LogP contribution in [0.3, 0.4) is 0 Å². The fourth-order valence-corrected chi connectivity index (χ4v) is 6.01. The first-order chi connectivity index (χ1) is 13.6. The molecule has 0 atom stereocenters. The maximum absolute atomic E-state index is 12.9. The zero-order chi connectivity index (χ0) is 21.2. The van der Waals surface area contributed by atoms with Gasteiger partial charge in [0.05, 0.1) is 4.90 Å². The molecule has 2 aliphatic rings. The molecule has 1 amide bonds. The van der Waals surface area contributed by atoms with Gasteiger partial charge in [-0.25, -0.2) is 13.1 Å². The third kappa shape index (κ3) is 5.38. The van der Waals surface area contributed by atoms with Crippen molar-refractivity contribution in [1.29, 1.82) is 0 Å². The lowest BCUT2D eigenvalue weighted by atomic mass is 9.85. The van der Waals surface area contributed by atoms with Gasteiger partial charge in [0, 0.05) is 43.7 Å². The van der Waals surface area contributed by atoms with Crippen LogP contribution < -0.4 is 4.72 Å². The lowest BCUT2D eigenvalue weighted by Crippen LogP contribution is -2.55. The molecule has 0 spiro atoms. The minimum atomic E-state index is -3.52. The summed E-state index contributed by atoms with van der Waals surface area (Å²) < 4.78 is 28.3. The lowest BCUT2D eigenvalue weighted by molar-refractivity contribution is -0.139. The summed E-state index contributed by atoms with van der Waals surface area (Å²) in [6.45, 7) is 11.9. The third-order valence-electron chi connectivity index (χ3n) is 6.32.